The number of nitrogens with zero attached hydrogens (tertiary/aromatic N) is 6. The van der Waals surface area contributed by atoms with Crippen LogP contribution in [-0.4, -0.2) is 47.8 Å². The Morgan fingerprint density at radius 3 is 1.54 bits per heavy atom. The molecule has 4 aliphatic rings. The Morgan fingerprint density at radius 2 is 1.03 bits per heavy atom. The molecule has 1 spiro atoms. The third-order valence-corrected chi connectivity index (χ3v) is 7.72. The Hall–Kier alpha value is -4.45. The molecule has 3 aliphatic heterocycles. The second-order valence-electron chi connectivity index (χ2n) is 9.72. The molecule has 2 aromatic carbocycles. The summed E-state index contributed by atoms with van der Waals surface area (Å²) in [4.78, 5) is 19.3. The first-order chi connectivity index (χ1) is 18.3. The summed E-state index contributed by atoms with van der Waals surface area (Å²) in [5.41, 5.74) is 6.15. The van der Waals surface area contributed by atoms with E-state index in [0.29, 0.717) is 0 Å². The van der Waals surface area contributed by atoms with Crippen LogP contribution in [0.1, 0.15) is 22.5 Å². The zero-order chi connectivity index (χ0) is 24.4. The van der Waals surface area contributed by atoms with Crippen molar-refractivity contribution in [3.05, 3.63) is 132 Å². The SMILES string of the molecule is [B]1N2C=CN1c1cccc(n1)C1(c3cccc(n3)N3[B]N(C=C3)CC2)c2ccccc2-c2ccccc21. The van der Waals surface area contributed by atoms with E-state index in [4.69, 9.17) is 9.97 Å². The third kappa shape index (κ3) is 2.96. The summed E-state index contributed by atoms with van der Waals surface area (Å²) < 4.78 is 0. The van der Waals surface area contributed by atoms with E-state index in [9.17, 15) is 0 Å². The molecule has 8 rings (SSSR count). The van der Waals surface area contributed by atoms with Crippen molar-refractivity contribution in [3.8, 4) is 11.1 Å². The lowest BCUT2D eigenvalue weighted by molar-refractivity contribution is 0.496. The molecule has 0 fully saturated rings. The summed E-state index contributed by atoms with van der Waals surface area (Å²) in [6.45, 7) is 1.72. The first-order valence-corrected chi connectivity index (χ1v) is 12.6. The fraction of sp³-hybridized carbons (Fsp3) is 0.103. The maximum atomic E-state index is 5.33. The third-order valence-electron chi connectivity index (χ3n) is 7.72. The molecule has 2 radical (unpaired) electrons. The van der Waals surface area contributed by atoms with Gasteiger partial charge in [-0.1, -0.05) is 60.7 Å². The van der Waals surface area contributed by atoms with Crippen molar-refractivity contribution < 1.29 is 0 Å². The number of rotatable bonds is 0. The molecule has 6 nitrogen and oxygen atoms in total. The number of fused-ring (bicyclic) bond motifs is 17. The van der Waals surface area contributed by atoms with Crippen LogP contribution in [0.4, 0.5) is 11.6 Å². The van der Waals surface area contributed by atoms with Gasteiger partial charge in [0, 0.05) is 37.9 Å². The molecule has 0 saturated carbocycles. The summed E-state index contributed by atoms with van der Waals surface area (Å²) >= 11 is 0. The van der Waals surface area contributed by atoms with Crippen molar-refractivity contribution in [2.24, 2.45) is 0 Å². The van der Waals surface area contributed by atoms with E-state index in [0.717, 1.165) is 36.1 Å². The van der Waals surface area contributed by atoms with E-state index in [2.05, 4.69) is 144 Å². The molecule has 37 heavy (non-hydrogen) atoms. The van der Waals surface area contributed by atoms with Gasteiger partial charge in [0.1, 0.15) is 17.1 Å². The Balaban J connectivity index is 1.44. The lowest BCUT2D eigenvalue weighted by Gasteiger charge is -2.33. The second kappa shape index (κ2) is 7.77. The van der Waals surface area contributed by atoms with Gasteiger partial charge in [-0.25, -0.2) is 9.97 Å². The lowest BCUT2D eigenvalue weighted by Crippen LogP contribution is -2.37. The van der Waals surface area contributed by atoms with Gasteiger partial charge in [0.05, 0.1) is 11.4 Å². The summed E-state index contributed by atoms with van der Waals surface area (Å²) in [5, 5.41) is 0. The molecular formula is C29H22B2N6. The molecule has 0 amide bonds. The van der Waals surface area contributed by atoms with Crippen LogP contribution in [0.2, 0.25) is 0 Å². The Morgan fingerprint density at radius 1 is 0.541 bits per heavy atom. The predicted molar refractivity (Wildman–Crippen MR) is 147 cm³/mol. The summed E-state index contributed by atoms with van der Waals surface area (Å²) in [7, 11) is 4.23. The molecule has 8 heteroatoms. The van der Waals surface area contributed by atoms with Crippen LogP contribution >= 0.6 is 0 Å². The van der Waals surface area contributed by atoms with Crippen LogP contribution in [0.25, 0.3) is 11.1 Å². The van der Waals surface area contributed by atoms with Gasteiger partial charge in [-0.05, 0) is 46.5 Å². The van der Waals surface area contributed by atoms with Crippen molar-refractivity contribution >= 4 is 26.7 Å². The first kappa shape index (κ1) is 20.7. The van der Waals surface area contributed by atoms with Gasteiger partial charge in [0.2, 0.25) is 0 Å². The van der Waals surface area contributed by atoms with Crippen LogP contribution in [0.5, 0.6) is 0 Å². The fourth-order valence-corrected chi connectivity index (χ4v) is 6.02. The number of pyridine rings is 2. The van der Waals surface area contributed by atoms with Gasteiger partial charge < -0.3 is 19.2 Å². The summed E-state index contributed by atoms with van der Waals surface area (Å²) in [6.07, 6.45) is 8.38. The first-order valence-electron chi connectivity index (χ1n) is 12.6. The normalized spacial score (nSPS) is 17.7. The molecule has 0 N–H and O–H groups in total. The van der Waals surface area contributed by atoms with Crippen LogP contribution in [0.15, 0.2) is 110 Å². The Kier molecular flexibility index (Phi) is 4.35. The molecule has 0 unspecified atom stereocenters. The topological polar surface area (TPSA) is 38.7 Å². The zero-order valence-corrected chi connectivity index (χ0v) is 20.1. The van der Waals surface area contributed by atoms with Crippen LogP contribution < -0.4 is 9.62 Å². The molecule has 2 aromatic heterocycles. The van der Waals surface area contributed by atoms with Crippen molar-refractivity contribution in [2.75, 3.05) is 22.7 Å². The predicted octanol–water partition coefficient (Wildman–Crippen LogP) is 4.11. The second-order valence-corrected chi connectivity index (χ2v) is 9.72. The molecule has 8 bridgehead atoms. The number of aromatic nitrogens is 2. The lowest BCUT2D eigenvalue weighted by atomic mass is 9.72. The minimum atomic E-state index is -0.647. The van der Waals surface area contributed by atoms with Gasteiger partial charge in [0.15, 0.2) is 0 Å². The van der Waals surface area contributed by atoms with Crippen LogP contribution in [0.3, 0.4) is 0 Å². The van der Waals surface area contributed by atoms with Gasteiger partial charge in [-0.15, -0.1) is 0 Å². The largest absolute Gasteiger partial charge is 0.402 e. The number of hydrogen-bond donors (Lipinski definition) is 0. The molecule has 174 valence electrons. The number of hydrogen-bond acceptors (Lipinski definition) is 6. The van der Waals surface area contributed by atoms with E-state index in [1.807, 2.05) is 0 Å². The molecule has 5 heterocycles. The highest BCUT2D eigenvalue weighted by Crippen LogP contribution is 2.55. The quantitative estimate of drug-likeness (QED) is 0.314. The van der Waals surface area contributed by atoms with Gasteiger partial charge in [-0.3, -0.25) is 0 Å². The fourth-order valence-electron chi connectivity index (χ4n) is 6.02. The van der Waals surface area contributed by atoms with Gasteiger partial charge >= 0.3 is 15.1 Å². The Labute approximate surface area is 217 Å². The number of benzene rings is 2. The number of anilines is 2. The van der Waals surface area contributed by atoms with Crippen LogP contribution in [0, 0.1) is 0 Å². The van der Waals surface area contributed by atoms with Gasteiger partial charge in [-0.2, -0.15) is 0 Å². The van der Waals surface area contributed by atoms with Crippen molar-refractivity contribution in [3.63, 3.8) is 0 Å². The van der Waals surface area contributed by atoms with Crippen molar-refractivity contribution in [2.45, 2.75) is 5.41 Å². The minimum Gasteiger partial charge on any atom is -0.402 e. The smallest absolute Gasteiger partial charge is 0.396 e. The van der Waals surface area contributed by atoms with E-state index < -0.39 is 5.41 Å². The van der Waals surface area contributed by atoms with Gasteiger partial charge in [0.25, 0.3) is 0 Å². The highest BCUT2D eigenvalue weighted by atomic mass is 15.3. The molecule has 0 atom stereocenters. The molecule has 4 aromatic rings. The molecule has 1 aliphatic carbocycles. The highest BCUT2D eigenvalue weighted by molar-refractivity contribution is 6.41. The zero-order valence-electron chi connectivity index (χ0n) is 20.1. The summed E-state index contributed by atoms with van der Waals surface area (Å²) in [5.74, 6) is 1.78. The van der Waals surface area contributed by atoms with E-state index in [-0.39, 0.29) is 0 Å². The van der Waals surface area contributed by atoms with Crippen molar-refractivity contribution in [1.29, 1.82) is 0 Å². The van der Waals surface area contributed by atoms with E-state index in [1.165, 1.54) is 22.3 Å². The monoisotopic (exact) mass is 476 g/mol. The highest BCUT2D eigenvalue weighted by Gasteiger charge is 2.48. The maximum Gasteiger partial charge on any atom is 0.396 e. The summed E-state index contributed by atoms with van der Waals surface area (Å²) in [6, 6.07) is 30.1. The maximum absolute atomic E-state index is 5.33. The standard InChI is InChI=1S/C29H22B2N6/c1-3-9-23-21(7-1)22-8-2-4-10-24(22)29(23)25-11-5-13-27(32-25)36-19-17-34(30-36)15-16-35-18-20-37(31-35)28-14-6-12-26(29)33-28/h1-14,17-20H,15-16H2. The average Bonchev–Trinajstić information content (AvgIpc) is 3.69. The molecular weight excluding hydrogens is 454 g/mol. The van der Waals surface area contributed by atoms with E-state index >= 15 is 0 Å². The van der Waals surface area contributed by atoms with Crippen molar-refractivity contribution in [1.82, 2.24) is 19.6 Å². The molecule has 0 saturated heterocycles. The minimum absolute atomic E-state index is 0.647. The van der Waals surface area contributed by atoms with Crippen LogP contribution in [-0.2, 0) is 5.41 Å². The average molecular weight is 476 g/mol. The Bertz CT molecular complexity index is 1480. The van der Waals surface area contributed by atoms with E-state index in [1.54, 1.807) is 0 Å².